The minimum Gasteiger partial charge on any atom is -1.00 e. The molecule has 2 radical (unpaired) electrons. The van der Waals surface area contributed by atoms with Gasteiger partial charge in [0.25, 0.3) is 0 Å². The molecule has 1 heterocycles. The molecule has 1 aliphatic heterocycles. The Morgan fingerprint density at radius 2 is 1.61 bits per heavy atom. The maximum Gasteiger partial charge on any atom is 1.00 e. The van der Waals surface area contributed by atoms with Crippen molar-refractivity contribution < 1.29 is 78.1 Å². The van der Waals surface area contributed by atoms with Crippen molar-refractivity contribution in [2.45, 2.75) is 45.4 Å². The molecular weight excluding hydrogens is 520 g/mol. The van der Waals surface area contributed by atoms with Crippen LogP contribution in [0.5, 0.6) is 0 Å². The number of halogens is 1. The first-order valence-corrected chi connectivity index (χ1v) is 6.34. The molecule has 0 aliphatic carbocycles. The Labute approximate surface area is 161 Å². The first-order chi connectivity index (χ1) is 9.83. The van der Waals surface area contributed by atoms with Gasteiger partial charge in [-0.15, -0.1) is 0 Å². The monoisotopic (exact) mass is 540 g/mol. The minimum absolute atomic E-state index is 0. The molecule has 8 nitrogen and oxygen atoms in total. The Kier molecular flexibility index (Phi) is 12.9. The van der Waals surface area contributed by atoms with E-state index in [0.29, 0.717) is 0 Å². The number of rotatable bonds is 5. The third-order valence-corrected chi connectivity index (χ3v) is 2.63. The van der Waals surface area contributed by atoms with Crippen molar-refractivity contribution in [1.82, 2.24) is 0 Å². The van der Waals surface area contributed by atoms with E-state index in [0.717, 1.165) is 0 Å². The summed E-state index contributed by atoms with van der Waals surface area (Å²) in [7, 11) is 1.40. The summed E-state index contributed by atoms with van der Waals surface area (Å²) in [4.78, 5) is 33.3. The van der Waals surface area contributed by atoms with E-state index in [1.807, 2.05) is 0 Å². The van der Waals surface area contributed by atoms with Gasteiger partial charge in [-0.2, -0.15) is 0 Å². The van der Waals surface area contributed by atoms with Crippen LogP contribution in [-0.2, 0) is 65.7 Å². The summed E-state index contributed by atoms with van der Waals surface area (Å²) < 4.78 is 25.6. The Hall–Kier alpha value is -0.445. The maximum absolute atomic E-state index is 11.2. The number of hydrogen-bond acceptors (Lipinski definition) is 8. The van der Waals surface area contributed by atoms with Crippen LogP contribution in [0.25, 0.3) is 0 Å². The molecule has 1 aliphatic rings. The number of carbonyl (C=O) groups is 3. The van der Waals surface area contributed by atoms with E-state index in [1.54, 1.807) is 0 Å². The van der Waals surface area contributed by atoms with Crippen molar-refractivity contribution in [2.24, 2.45) is 0 Å². The Morgan fingerprint density at radius 3 is 2.04 bits per heavy atom. The molecule has 0 saturated carbocycles. The zero-order valence-electron chi connectivity index (χ0n) is 13.4. The van der Waals surface area contributed by atoms with E-state index in [9.17, 15) is 14.4 Å². The van der Waals surface area contributed by atoms with Gasteiger partial charge in [-0.1, -0.05) is 0 Å². The van der Waals surface area contributed by atoms with E-state index in [1.165, 1.54) is 34.3 Å². The van der Waals surface area contributed by atoms with Gasteiger partial charge in [-0.3, -0.25) is 14.4 Å². The molecule has 1 rings (SSSR count). The number of ether oxygens (including phenoxy) is 5. The van der Waals surface area contributed by atoms with Crippen LogP contribution in [0, 0.1) is 6.42 Å². The van der Waals surface area contributed by atoms with Crippen molar-refractivity contribution in [3.05, 3.63) is 6.42 Å². The van der Waals surface area contributed by atoms with Crippen molar-refractivity contribution in [3.63, 3.8) is 0 Å². The molecule has 0 aromatic heterocycles. The minimum atomic E-state index is -0.919. The van der Waals surface area contributed by atoms with E-state index in [-0.39, 0.29) is 46.7 Å². The number of methoxy groups -OCH3 is 1. The molecule has 4 atom stereocenters. The van der Waals surface area contributed by atoms with Gasteiger partial charge in [0.05, 0.1) is 6.42 Å². The summed E-state index contributed by atoms with van der Waals surface area (Å²) in [6.07, 6.45) is -1.90. The molecule has 128 valence electrons. The van der Waals surface area contributed by atoms with Gasteiger partial charge in [-0.25, -0.2) is 0 Å². The van der Waals surface area contributed by atoms with Crippen molar-refractivity contribution in [3.8, 4) is 0 Å². The molecule has 0 aromatic carbocycles. The predicted molar refractivity (Wildman–Crippen MR) is 67.7 cm³/mol. The molecule has 0 N–H and O–H groups in total. The number of esters is 3. The maximum atomic E-state index is 11.2. The van der Waals surface area contributed by atoms with Crippen molar-refractivity contribution in [2.75, 3.05) is 13.7 Å². The molecular formula is C13H19ClHgO8. The average molecular weight is 539 g/mol. The zero-order chi connectivity index (χ0) is 16.0. The number of carbonyl (C=O) groups excluding carboxylic acids is 3. The SMILES string of the molecule is CO[C@H]1[CH][C@@H](OC(C)=O)[C@H](OC(C)=O)[C@@H](COC(C)=O)O1.[Cl-].[Hg+]. The van der Waals surface area contributed by atoms with E-state index in [4.69, 9.17) is 23.7 Å². The second kappa shape index (κ2) is 12.0. The molecule has 1 fully saturated rings. The van der Waals surface area contributed by atoms with Crippen LogP contribution in [0.1, 0.15) is 20.8 Å². The third kappa shape index (κ3) is 8.83. The molecule has 23 heavy (non-hydrogen) atoms. The zero-order valence-corrected chi connectivity index (χ0v) is 19.7. The summed E-state index contributed by atoms with van der Waals surface area (Å²) in [6.45, 7) is 3.54. The summed E-state index contributed by atoms with van der Waals surface area (Å²) in [5.41, 5.74) is 0. The predicted octanol–water partition coefficient (Wildman–Crippen LogP) is -3.01. The normalized spacial score (nSPS) is 26.1. The van der Waals surface area contributed by atoms with E-state index >= 15 is 0 Å². The van der Waals surface area contributed by atoms with Crippen LogP contribution in [0.3, 0.4) is 0 Å². The van der Waals surface area contributed by atoms with Gasteiger partial charge < -0.3 is 36.1 Å². The van der Waals surface area contributed by atoms with Crippen LogP contribution < -0.4 is 12.4 Å². The van der Waals surface area contributed by atoms with Gasteiger partial charge in [-0.05, 0) is 0 Å². The Morgan fingerprint density at radius 1 is 1.04 bits per heavy atom. The van der Waals surface area contributed by atoms with Gasteiger partial charge in [0.15, 0.2) is 12.4 Å². The van der Waals surface area contributed by atoms with Crippen LogP contribution in [0.4, 0.5) is 0 Å². The Bertz CT molecular complexity index is 405. The topological polar surface area (TPSA) is 97.4 Å². The van der Waals surface area contributed by atoms with Crippen LogP contribution in [0.2, 0.25) is 0 Å². The first-order valence-electron chi connectivity index (χ1n) is 6.34. The van der Waals surface area contributed by atoms with Crippen LogP contribution in [-0.4, -0.2) is 56.2 Å². The van der Waals surface area contributed by atoms with Crippen molar-refractivity contribution >= 4 is 17.9 Å². The summed E-state index contributed by atoms with van der Waals surface area (Å²) in [5.74, 6) is -1.62. The summed E-state index contributed by atoms with van der Waals surface area (Å²) in [6, 6.07) is 0. The first kappa shape index (κ1) is 24.8. The summed E-state index contributed by atoms with van der Waals surface area (Å²) >= 11 is 0. The van der Waals surface area contributed by atoms with Gasteiger partial charge >= 0.3 is 45.6 Å². The smallest absolute Gasteiger partial charge is 1.00 e. The second-order valence-corrected chi connectivity index (χ2v) is 4.42. The fraction of sp³-hybridized carbons (Fsp3) is 0.692. The molecule has 10 heteroatoms. The number of hydrogen-bond donors (Lipinski definition) is 0. The van der Waals surface area contributed by atoms with Crippen LogP contribution in [0.15, 0.2) is 0 Å². The Balaban J connectivity index is 0. The second-order valence-electron chi connectivity index (χ2n) is 4.42. The molecule has 0 amide bonds. The quantitative estimate of drug-likeness (QED) is 0.207. The van der Waals surface area contributed by atoms with Gasteiger partial charge in [0, 0.05) is 27.9 Å². The largest absolute Gasteiger partial charge is 1.00 e. The van der Waals surface area contributed by atoms with E-state index < -0.39 is 42.5 Å². The fourth-order valence-corrected chi connectivity index (χ4v) is 1.87. The standard InChI is InChI=1S/C13H19O8.ClH.Hg/c1-7(14)18-6-11-13(20-9(3)16)10(19-8(2)15)5-12(17-4)21-11;;/h5,10-13H,6H2,1-4H3;1H;/q;;+1/p-1/t10-,11-,12-,13+;;/m1../s1. The van der Waals surface area contributed by atoms with E-state index in [2.05, 4.69) is 0 Å². The molecule has 1 saturated heterocycles. The average Bonchev–Trinajstić information content (AvgIpc) is 2.37. The summed E-state index contributed by atoms with van der Waals surface area (Å²) in [5, 5.41) is 0. The third-order valence-electron chi connectivity index (χ3n) is 2.63. The van der Waals surface area contributed by atoms with Crippen molar-refractivity contribution in [1.29, 1.82) is 0 Å². The van der Waals surface area contributed by atoms with Gasteiger partial charge in [0.1, 0.15) is 18.8 Å². The molecule has 0 bridgehead atoms. The molecule has 0 unspecified atom stereocenters. The molecule has 0 spiro atoms. The van der Waals surface area contributed by atoms with Crippen LogP contribution >= 0.6 is 0 Å². The molecule has 0 aromatic rings. The van der Waals surface area contributed by atoms with Gasteiger partial charge in [0.2, 0.25) is 0 Å². The fourth-order valence-electron chi connectivity index (χ4n) is 1.87.